The summed E-state index contributed by atoms with van der Waals surface area (Å²) in [6.45, 7) is 0. The Morgan fingerprint density at radius 1 is 0.821 bits per heavy atom. The average molecular weight is 382 g/mol. The number of allylic oxidation sites excluding steroid dienone is 2. The summed E-state index contributed by atoms with van der Waals surface area (Å²) in [5, 5.41) is 1.31. The number of thiazole rings is 1. The molecule has 1 aliphatic rings. The lowest BCUT2D eigenvalue weighted by molar-refractivity contribution is -0.529. The van der Waals surface area contributed by atoms with Crippen LogP contribution in [0.5, 0.6) is 0 Å². The molecule has 0 amide bonds. The van der Waals surface area contributed by atoms with Crippen LogP contribution in [0.25, 0.3) is 32.6 Å². The van der Waals surface area contributed by atoms with Crippen molar-refractivity contribution in [3.05, 3.63) is 96.1 Å². The maximum absolute atomic E-state index is 2.39. The van der Waals surface area contributed by atoms with Crippen molar-refractivity contribution in [1.29, 1.82) is 0 Å². The van der Waals surface area contributed by atoms with Crippen LogP contribution < -0.4 is 9.47 Å². The van der Waals surface area contributed by atoms with E-state index in [1.807, 2.05) is 11.3 Å². The van der Waals surface area contributed by atoms with E-state index in [1.165, 1.54) is 43.3 Å². The third kappa shape index (κ3) is 2.76. The minimum atomic E-state index is 1.20. The van der Waals surface area contributed by atoms with Crippen LogP contribution in [0.3, 0.4) is 0 Å². The van der Waals surface area contributed by atoms with E-state index in [0.717, 1.165) is 0 Å². The second kappa shape index (κ2) is 6.77. The highest BCUT2D eigenvalue weighted by molar-refractivity contribution is 7.21. The molecule has 3 aromatic carbocycles. The molecule has 136 valence electrons. The summed E-state index contributed by atoms with van der Waals surface area (Å²) >= 11 is 1.86. The lowest BCUT2D eigenvalue weighted by atomic mass is 10.1. The Kier molecular flexibility index (Phi) is 4.10. The van der Waals surface area contributed by atoms with Gasteiger partial charge in [-0.2, -0.15) is 0 Å². The molecule has 0 fully saturated rings. The number of anilines is 1. The van der Waals surface area contributed by atoms with E-state index >= 15 is 0 Å². The van der Waals surface area contributed by atoms with E-state index in [4.69, 9.17) is 0 Å². The molecule has 3 heteroatoms. The minimum absolute atomic E-state index is 1.20. The van der Waals surface area contributed by atoms with Gasteiger partial charge in [-0.25, -0.2) is 0 Å². The van der Waals surface area contributed by atoms with E-state index in [0.29, 0.717) is 0 Å². The van der Waals surface area contributed by atoms with Gasteiger partial charge in [0.1, 0.15) is 4.70 Å². The normalized spacial score (nSPS) is 14.0. The van der Waals surface area contributed by atoms with Crippen molar-refractivity contribution in [1.82, 2.24) is 0 Å². The molecule has 0 bridgehead atoms. The van der Waals surface area contributed by atoms with Gasteiger partial charge in [-0.3, -0.25) is 0 Å². The summed E-state index contributed by atoms with van der Waals surface area (Å²) in [6, 6.07) is 25.9. The molecular formula is C25H21N2S+. The number of hydrogen-bond donors (Lipinski definition) is 0. The first-order valence-electron chi connectivity index (χ1n) is 9.42. The minimum Gasteiger partial charge on any atom is -0.378 e. The van der Waals surface area contributed by atoms with Gasteiger partial charge in [-0.15, -0.1) is 4.57 Å². The highest BCUT2D eigenvalue weighted by atomic mass is 32.1. The van der Waals surface area contributed by atoms with Crippen LogP contribution in [0.15, 0.2) is 84.9 Å². The molecule has 5 rings (SSSR count). The maximum Gasteiger partial charge on any atom is 0.276 e. The Balaban J connectivity index is 1.58. The highest BCUT2D eigenvalue weighted by Gasteiger charge is 2.36. The second-order valence-corrected chi connectivity index (χ2v) is 8.18. The summed E-state index contributed by atoms with van der Waals surface area (Å²) in [7, 11) is 4.12. The van der Waals surface area contributed by atoms with Crippen LogP contribution in [0.4, 0.5) is 5.69 Å². The van der Waals surface area contributed by atoms with Crippen molar-refractivity contribution in [2.75, 3.05) is 19.0 Å². The van der Waals surface area contributed by atoms with Crippen molar-refractivity contribution >= 4 is 39.0 Å². The quantitative estimate of drug-likeness (QED) is 0.356. The first kappa shape index (κ1) is 17.0. The van der Waals surface area contributed by atoms with Crippen molar-refractivity contribution in [2.24, 2.45) is 0 Å². The van der Waals surface area contributed by atoms with Crippen molar-refractivity contribution in [3.63, 3.8) is 0 Å². The second-order valence-electron chi connectivity index (χ2n) is 7.15. The number of hydrogen-bond acceptors (Lipinski definition) is 2. The van der Waals surface area contributed by atoms with Gasteiger partial charge in [0.15, 0.2) is 0 Å². The van der Waals surface area contributed by atoms with Gasteiger partial charge in [0.25, 0.3) is 5.01 Å². The molecule has 0 unspecified atom stereocenters. The van der Waals surface area contributed by atoms with Crippen molar-refractivity contribution < 1.29 is 4.57 Å². The van der Waals surface area contributed by atoms with Crippen LogP contribution in [-0.2, 0) is 0 Å². The molecule has 1 aliphatic heterocycles. The third-order valence-corrected chi connectivity index (χ3v) is 6.30. The number of nitrogens with zero attached hydrogens (tertiary/aromatic N) is 2. The molecule has 0 aliphatic carbocycles. The zero-order chi connectivity index (χ0) is 19.1. The lowest BCUT2D eigenvalue weighted by Gasteiger charge is -2.11. The number of benzene rings is 3. The van der Waals surface area contributed by atoms with Gasteiger partial charge < -0.3 is 4.90 Å². The molecule has 0 saturated heterocycles. The Morgan fingerprint density at radius 2 is 1.54 bits per heavy atom. The zero-order valence-corrected chi connectivity index (χ0v) is 16.8. The monoisotopic (exact) mass is 381 g/mol. The lowest BCUT2D eigenvalue weighted by Crippen LogP contribution is -2.29. The molecule has 0 spiro atoms. The summed E-state index contributed by atoms with van der Waals surface area (Å²) in [5.74, 6) is 0. The Bertz CT molecular complexity index is 1230. The Morgan fingerprint density at radius 3 is 2.32 bits per heavy atom. The Hall–Kier alpha value is -3.17. The maximum atomic E-state index is 2.39. The van der Waals surface area contributed by atoms with E-state index in [1.54, 1.807) is 0 Å². The van der Waals surface area contributed by atoms with E-state index in [2.05, 4.69) is 115 Å². The first-order valence-corrected chi connectivity index (χ1v) is 10.2. The zero-order valence-electron chi connectivity index (χ0n) is 16.0. The number of aromatic nitrogens is 1. The average Bonchev–Trinajstić information content (AvgIpc) is 3.24. The van der Waals surface area contributed by atoms with E-state index in [9.17, 15) is 0 Å². The predicted octanol–water partition coefficient (Wildman–Crippen LogP) is 5.84. The van der Waals surface area contributed by atoms with Crippen molar-refractivity contribution in [2.45, 2.75) is 0 Å². The smallest absolute Gasteiger partial charge is 0.276 e. The molecule has 2 nitrogen and oxygen atoms in total. The molecule has 2 heterocycles. The molecule has 0 saturated carbocycles. The number of fused-ring (bicyclic) bond motifs is 5. The van der Waals surface area contributed by atoms with Crippen LogP contribution in [-0.4, -0.2) is 14.1 Å². The largest absolute Gasteiger partial charge is 0.378 e. The molecule has 28 heavy (non-hydrogen) atoms. The van der Waals surface area contributed by atoms with Gasteiger partial charge in [-0.05, 0) is 35.9 Å². The fourth-order valence-corrected chi connectivity index (χ4v) is 4.91. The molecule has 0 radical (unpaired) electrons. The fourth-order valence-electron chi connectivity index (χ4n) is 3.71. The van der Waals surface area contributed by atoms with Crippen LogP contribution in [0.2, 0.25) is 0 Å². The van der Waals surface area contributed by atoms with Gasteiger partial charge in [0.05, 0.1) is 11.1 Å². The third-order valence-electron chi connectivity index (χ3n) is 5.14. The van der Waals surface area contributed by atoms with E-state index in [-0.39, 0.29) is 0 Å². The Labute approximate surface area is 169 Å². The molecule has 0 N–H and O–H groups in total. The molecule has 4 aromatic rings. The van der Waals surface area contributed by atoms with Crippen LogP contribution in [0.1, 0.15) is 11.1 Å². The molecule has 1 aromatic heterocycles. The number of para-hydroxylation sites is 1. The van der Waals surface area contributed by atoms with Gasteiger partial charge in [0.2, 0.25) is 11.2 Å². The SMILES string of the molecule is CN(C)c1ccc(/C=C/C=C2\c3ccccc3-c3sc4ccccc4[n+]32)cc1. The van der Waals surface area contributed by atoms with Gasteiger partial charge in [-0.1, -0.05) is 59.9 Å². The van der Waals surface area contributed by atoms with Gasteiger partial charge in [0, 0.05) is 31.9 Å². The highest BCUT2D eigenvalue weighted by Crippen LogP contribution is 2.39. The summed E-state index contributed by atoms with van der Waals surface area (Å²) < 4.78 is 3.71. The summed E-state index contributed by atoms with van der Waals surface area (Å²) in [5.41, 5.74) is 7.54. The fraction of sp³-hybridized carbons (Fsp3) is 0.0800. The van der Waals surface area contributed by atoms with Crippen LogP contribution in [0, 0.1) is 0 Å². The van der Waals surface area contributed by atoms with Gasteiger partial charge >= 0.3 is 0 Å². The standard InChI is InChI=1S/C25H21N2S/c1-26(2)19-16-14-18(15-17-19)8-7-12-22-20-9-3-4-10-21(20)25-27(22)23-11-5-6-13-24(23)28-25/h3-17H,1-2H3/q+1. The van der Waals surface area contributed by atoms with E-state index < -0.39 is 0 Å². The summed E-state index contributed by atoms with van der Waals surface area (Å²) in [6.07, 6.45) is 6.56. The van der Waals surface area contributed by atoms with Crippen molar-refractivity contribution in [3.8, 4) is 10.6 Å². The topological polar surface area (TPSA) is 7.12 Å². The van der Waals surface area contributed by atoms with Crippen LogP contribution >= 0.6 is 11.3 Å². The predicted molar refractivity (Wildman–Crippen MR) is 121 cm³/mol. The molecular weight excluding hydrogens is 360 g/mol. The summed E-state index contributed by atoms with van der Waals surface area (Å²) in [4.78, 5) is 2.12. The first-order chi connectivity index (χ1) is 13.7. The number of rotatable bonds is 3. The molecule has 0 atom stereocenters.